The molecular formula is C17H30O3. The van der Waals surface area contributed by atoms with Crippen LogP contribution >= 0.6 is 0 Å². The van der Waals surface area contributed by atoms with Crippen LogP contribution in [-0.2, 0) is 9.53 Å². The van der Waals surface area contributed by atoms with Gasteiger partial charge < -0.3 is 9.84 Å². The van der Waals surface area contributed by atoms with E-state index in [1.54, 1.807) is 0 Å². The molecule has 0 fully saturated rings. The Labute approximate surface area is 123 Å². The zero-order valence-electron chi connectivity index (χ0n) is 12.7. The fraction of sp³-hybridized carbons (Fsp3) is 0.706. The molecule has 0 bridgehead atoms. The zero-order chi connectivity index (χ0) is 15.1. The van der Waals surface area contributed by atoms with Gasteiger partial charge >= 0.3 is 5.97 Å². The standard InChI is InChI=1S/C17H30O3/c1-3-13-16(4-2)20-15-12-10-8-6-5-7-9-11-14-17(18)19/h3-4,16H,1-2,5-15H2,(H,18,19). The number of aliphatic carboxylic acids is 1. The van der Waals surface area contributed by atoms with E-state index in [4.69, 9.17) is 9.84 Å². The van der Waals surface area contributed by atoms with Gasteiger partial charge in [-0.25, -0.2) is 0 Å². The summed E-state index contributed by atoms with van der Waals surface area (Å²) in [6.07, 6.45) is 13.9. The van der Waals surface area contributed by atoms with Gasteiger partial charge in [0.25, 0.3) is 0 Å². The summed E-state index contributed by atoms with van der Waals surface area (Å²) in [6.45, 7) is 8.24. The van der Waals surface area contributed by atoms with Gasteiger partial charge in [-0.1, -0.05) is 50.7 Å². The molecule has 1 atom stereocenters. The third-order valence-corrected chi connectivity index (χ3v) is 3.28. The minimum Gasteiger partial charge on any atom is -0.481 e. The van der Waals surface area contributed by atoms with E-state index >= 15 is 0 Å². The fourth-order valence-electron chi connectivity index (χ4n) is 2.07. The molecule has 0 amide bonds. The highest BCUT2D eigenvalue weighted by molar-refractivity contribution is 5.66. The fourth-order valence-corrected chi connectivity index (χ4v) is 2.07. The van der Waals surface area contributed by atoms with Gasteiger partial charge in [0, 0.05) is 13.0 Å². The molecule has 0 aromatic carbocycles. The van der Waals surface area contributed by atoms with Gasteiger partial charge in [0.1, 0.15) is 0 Å². The number of ether oxygens (including phenoxy) is 1. The Morgan fingerprint density at radius 1 is 1.00 bits per heavy atom. The first-order chi connectivity index (χ1) is 9.70. The summed E-state index contributed by atoms with van der Waals surface area (Å²) in [5.74, 6) is -0.681. The van der Waals surface area contributed by atoms with Crippen molar-refractivity contribution in [3.63, 3.8) is 0 Å². The lowest BCUT2D eigenvalue weighted by Crippen LogP contribution is -2.09. The maximum Gasteiger partial charge on any atom is 0.303 e. The summed E-state index contributed by atoms with van der Waals surface area (Å²) in [5.41, 5.74) is 0. The van der Waals surface area contributed by atoms with Crippen molar-refractivity contribution in [1.82, 2.24) is 0 Å². The lowest BCUT2D eigenvalue weighted by atomic mass is 10.1. The number of hydrogen-bond donors (Lipinski definition) is 1. The van der Waals surface area contributed by atoms with Gasteiger partial charge in [0.05, 0.1) is 6.10 Å². The van der Waals surface area contributed by atoms with E-state index in [1.807, 2.05) is 12.2 Å². The number of carboxylic acid groups (broad SMARTS) is 1. The first-order valence-corrected chi connectivity index (χ1v) is 7.77. The summed E-state index contributed by atoms with van der Waals surface area (Å²) in [4.78, 5) is 10.3. The number of unbranched alkanes of at least 4 members (excludes halogenated alkanes) is 7. The van der Waals surface area contributed by atoms with Crippen molar-refractivity contribution in [2.45, 2.75) is 70.3 Å². The summed E-state index contributed by atoms with van der Waals surface area (Å²) in [7, 11) is 0. The Morgan fingerprint density at radius 2 is 1.55 bits per heavy atom. The second-order valence-corrected chi connectivity index (χ2v) is 5.14. The van der Waals surface area contributed by atoms with Gasteiger partial charge in [-0.3, -0.25) is 4.79 Å². The first-order valence-electron chi connectivity index (χ1n) is 7.77. The summed E-state index contributed by atoms with van der Waals surface area (Å²) in [5, 5.41) is 8.50. The predicted octanol–water partition coefficient (Wildman–Crippen LogP) is 4.73. The lowest BCUT2D eigenvalue weighted by molar-refractivity contribution is -0.137. The molecule has 0 aliphatic carbocycles. The highest BCUT2D eigenvalue weighted by Crippen LogP contribution is 2.10. The van der Waals surface area contributed by atoms with Gasteiger partial charge in [-0.15, -0.1) is 13.2 Å². The second-order valence-electron chi connectivity index (χ2n) is 5.14. The molecule has 116 valence electrons. The monoisotopic (exact) mass is 282 g/mol. The highest BCUT2D eigenvalue weighted by atomic mass is 16.5. The number of carboxylic acids is 1. The predicted molar refractivity (Wildman–Crippen MR) is 83.9 cm³/mol. The van der Waals surface area contributed by atoms with Crippen molar-refractivity contribution < 1.29 is 14.6 Å². The molecule has 0 rings (SSSR count). The Morgan fingerprint density at radius 3 is 2.05 bits per heavy atom. The maximum absolute atomic E-state index is 10.3. The topological polar surface area (TPSA) is 46.5 Å². The molecular weight excluding hydrogens is 252 g/mol. The maximum atomic E-state index is 10.3. The summed E-state index contributed by atoms with van der Waals surface area (Å²) in [6, 6.07) is 0. The van der Waals surface area contributed by atoms with Crippen LogP contribution in [0, 0.1) is 0 Å². The molecule has 0 saturated heterocycles. The Bertz CT molecular complexity index is 261. The van der Waals surface area contributed by atoms with Crippen LogP contribution in [-0.4, -0.2) is 23.8 Å². The number of carbonyl (C=O) groups is 1. The smallest absolute Gasteiger partial charge is 0.303 e. The van der Waals surface area contributed by atoms with Gasteiger partial charge in [0.2, 0.25) is 0 Å². The van der Waals surface area contributed by atoms with Crippen LogP contribution in [0.4, 0.5) is 0 Å². The quantitative estimate of drug-likeness (QED) is 0.349. The van der Waals surface area contributed by atoms with Crippen molar-refractivity contribution in [2.24, 2.45) is 0 Å². The first kappa shape index (κ1) is 18.9. The van der Waals surface area contributed by atoms with E-state index in [-0.39, 0.29) is 6.10 Å². The van der Waals surface area contributed by atoms with Crippen LogP contribution in [0.2, 0.25) is 0 Å². The van der Waals surface area contributed by atoms with E-state index in [1.165, 1.54) is 25.7 Å². The molecule has 1 N–H and O–H groups in total. The van der Waals surface area contributed by atoms with E-state index < -0.39 is 5.97 Å². The van der Waals surface area contributed by atoms with Crippen molar-refractivity contribution in [2.75, 3.05) is 6.61 Å². The van der Waals surface area contributed by atoms with Crippen LogP contribution in [0.3, 0.4) is 0 Å². The third-order valence-electron chi connectivity index (χ3n) is 3.28. The molecule has 20 heavy (non-hydrogen) atoms. The SMILES string of the molecule is C=CCC(C=C)OCCCCCCCCCCC(=O)O. The molecule has 0 aromatic heterocycles. The van der Waals surface area contributed by atoms with E-state index in [0.29, 0.717) is 6.42 Å². The van der Waals surface area contributed by atoms with Crippen LogP contribution in [0.15, 0.2) is 25.3 Å². The van der Waals surface area contributed by atoms with Crippen molar-refractivity contribution in [3.05, 3.63) is 25.3 Å². The van der Waals surface area contributed by atoms with Crippen LogP contribution < -0.4 is 0 Å². The molecule has 3 heteroatoms. The molecule has 0 spiro atoms. The minimum absolute atomic E-state index is 0.113. The molecule has 0 radical (unpaired) electrons. The van der Waals surface area contributed by atoms with Crippen LogP contribution in [0.1, 0.15) is 64.2 Å². The molecule has 0 aliphatic heterocycles. The average molecular weight is 282 g/mol. The zero-order valence-corrected chi connectivity index (χ0v) is 12.7. The molecule has 0 aromatic rings. The van der Waals surface area contributed by atoms with Crippen molar-refractivity contribution in [3.8, 4) is 0 Å². The van der Waals surface area contributed by atoms with Crippen LogP contribution in [0.25, 0.3) is 0 Å². The molecule has 1 unspecified atom stereocenters. The summed E-state index contributed by atoms with van der Waals surface area (Å²) >= 11 is 0. The molecule has 3 nitrogen and oxygen atoms in total. The van der Waals surface area contributed by atoms with Crippen molar-refractivity contribution in [1.29, 1.82) is 0 Å². The molecule has 0 aliphatic rings. The normalized spacial score (nSPS) is 12.0. The van der Waals surface area contributed by atoms with E-state index in [2.05, 4.69) is 13.2 Å². The van der Waals surface area contributed by atoms with Crippen molar-refractivity contribution >= 4 is 5.97 Å². The van der Waals surface area contributed by atoms with Crippen LogP contribution in [0.5, 0.6) is 0 Å². The van der Waals surface area contributed by atoms with E-state index in [0.717, 1.165) is 38.7 Å². The van der Waals surface area contributed by atoms with Gasteiger partial charge in [0.15, 0.2) is 0 Å². The molecule has 0 heterocycles. The highest BCUT2D eigenvalue weighted by Gasteiger charge is 2.01. The second kappa shape index (κ2) is 14.3. The number of hydrogen-bond acceptors (Lipinski definition) is 2. The molecule has 0 saturated carbocycles. The van der Waals surface area contributed by atoms with Gasteiger partial charge in [-0.05, 0) is 19.3 Å². The lowest BCUT2D eigenvalue weighted by Gasteiger charge is -2.11. The minimum atomic E-state index is -0.681. The largest absolute Gasteiger partial charge is 0.481 e. The number of rotatable bonds is 15. The summed E-state index contributed by atoms with van der Waals surface area (Å²) < 4.78 is 5.67. The van der Waals surface area contributed by atoms with E-state index in [9.17, 15) is 4.79 Å². The Balaban J connectivity index is 3.18. The third kappa shape index (κ3) is 13.3. The Kier molecular flexibility index (Phi) is 13.5. The average Bonchev–Trinajstić information content (AvgIpc) is 2.43. The van der Waals surface area contributed by atoms with Gasteiger partial charge in [-0.2, -0.15) is 0 Å². The Hall–Kier alpha value is -1.09.